The molecule has 2 aromatic rings. The summed E-state index contributed by atoms with van der Waals surface area (Å²) in [7, 11) is 0. The van der Waals surface area contributed by atoms with E-state index in [1.165, 1.54) is 0 Å². The molecule has 21 heavy (non-hydrogen) atoms. The Balaban J connectivity index is 2.25. The van der Waals surface area contributed by atoms with Gasteiger partial charge in [0.15, 0.2) is 0 Å². The number of halogens is 1. The van der Waals surface area contributed by atoms with Gasteiger partial charge in [-0.25, -0.2) is 4.39 Å². The Kier molecular flexibility index (Phi) is 4.21. The molecule has 5 heteroatoms. The number of nitrogens with zero attached hydrogens (tertiary/aromatic N) is 1. The maximum absolute atomic E-state index is 13.6. The van der Waals surface area contributed by atoms with Gasteiger partial charge in [-0.2, -0.15) is 0 Å². The molecule has 0 unspecified atom stereocenters. The predicted octanol–water partition coefficient (Wildman–Crippen LogP) is 4.27. The minimum absolute atomic E-state index is 0.0769. The van der Waals surface area contributed by atoms with Crippen LogP contribution in [0, 0.1) is 36.7 Å². The first-order valence-electron chi connectivity index (χ1n) is 6.63. The van der Waals surface area contributed by atoms with Crippen LogP contribution in [0.1, 0.15) is 22.3 Å². The van der Waals surface area contributed by atoms with Crippen molar-refractivity contribution >= 4 is 11.4 Å². The Morgan fingerprint density at radius 3 is 2.33 bits per heavy atom. The molecular weight excluding hydrogens is 271 g/mol. The second-order valence-electron chi connectivity index (χ2n) is 5.13. The van der Waals surface area contributed by atoms with Crippen LogP contribution in [0.3, 0.4) is 0 Å². The van der Waals surface area contributed by atoms with Gasteiger partial charge in [-0.1, -0.05) is 24.3 Å². The zero-order chi connectivity index (χ0) is 15.6. The normalized spacial score (nSPS) is 10.5. The lowest BCUT2D eigenvalue weighted by molar-refractivity contribution is -0.384. The summed E-state index contributed by atoms with van der Waals surface area (Å²) >= 11 is 0. The maximum Gasteiger partial charge on any atom is 0.295 e. The zero-order valence-corrected chi connectivity index (χ0v) is 12.2. The average molecular weight is 288 g/mol. The van der Waals surface area contributed by atoms with Crippen molar-refractivity contribution in [2.75, 3.05) is 5.32 Å². The molecule has 0 aliphatic heterocycles. The van der Waals surface area contributed by atoms with Crippen LogP contribution in [0.2, 0.25) is 0 Å². The number of nitrogens with one attached hydrogen (secondary N) is 1. The van der Waals surface area contributed by atoms with Crippen molar-refractivity contribution in [2.24, 2.45) is 0 Å². The number of hydrogen-bond acceptors (Lipinski definition) is 3. The van der Waals surface area contributed by atoms with Crippen molar-refractivity contribution in [3.05, 3.63) is 68.5 Å². The van der Waals surface area contributed by atoms with Crippen LogP contribution in [0.5, 0.6) is 0 Å². The summed E-state index contributed by atoms with van der Waals surface area (Å²) in [6.45, 7) is 5.53. The molecule has 0 amide bonds. The standard InChI is InChI=1S/C16H17FN2O2/c1-10-5-4-6-14(16(10)19(20)21)18-9-13-7-11(2)15(17)12(3)8-13/h4-8,18H,9H2,1-3H3. The van der Waals surface area contributed by atoms with Gasteiger partial charge in [0.05, 0.1) is 4.92 Å². The highest BCUT2D eigenvalue weighted by Gasteiger charge is 2.16. The van der Waals surface area contributed by atoms with Gasteiger partial charge in [-0.05, 0) is 43.5 Å². The molecule has 0 radical (unpaired) electrons. The summed E-state index contributed by atoms with van der Waals surface area (Å²) in [6.07, 6.45) is 0. The van der Waals surface area contributed by atoms with Crippen LogP contribution < -0.4 is 5.32 Å². The van der Waals surface area contributed by atoms with E-state index in [4.69, 9.17) is 0 Å². The quantitative estimate of drug-likeness (QED) is 0.675. The van der Waals surface area contributed by atoms with Gasteiger partial charge >= 0.3 is 0 Å². The molecule has 1 N–H and O–H groups in total. The van der Waals surface area contributed by atoms with Crippen molar-refractivity contribution in [1.82, 2.24) is 0 Å². The molecule has 0 saturated heterocycles. The molecule has 0 bridgehead atoms. The molecule has 0 aromatic heterocycles. The topological polar surface area (TPSA) is 55.2 Å². The number of anilines is 1. The van der Waals surface area contributed by atoms with Crippen molar-refractivity contribution in [3.8, 4) is 0 Å². The Labute approximate surface area is 122 Å². The number of rotatable bonds is 4. The van der Waals surface area contributed by atoms with Gasteiger partial charge in [0, 0.05) is 12.1 Å². The number of para-hydroxylation sites is 1. The third-order valence-electron chi connectivity index (χ3n) is 3.40. The summed E-state index contributed by atoms with van der Waals surface area (Å²) < 4.78 is 13.6. The molecule has 2 aromatic carbocycles. The second kappa shape index (κ2) is 5.91. The van der Waals surface area contributed by atoms with Gasteiger partial charge in [-0.15, -0.1) is 0 Å². The Hall–Kier alpha value is -2.43. The minimum atomic E-state index is -0.390. The maximum atomic E-state index is 13.6. The molecule has 2 rings (SSSR count). The van der Waals surface area contributed by atoms with E-state index in [9.17, 15) is 14.5 Å². The van der Waals surface area contributed by atoms with E-state index < -0.39 is 4.92 Å². The van der Waals surface area contributed by atoms with Crippen LogP contribution in [0.15, 0.2) is 30.3 Å². The van der Waals surface area contributed by atoms with Crippen LogP contribution >= 0.6 is 0 Å². The number of nitro groups is 1. The molecule has 110 valence electrons. The van der Waals surface area contributed by atoms with Crippen molar-refractivity contribution < 1.29 is 9.31 Å². The molecule has 0 heterocycles. The summed E-state index contributed by atoms with van der Waals surface area (Å²) in [6, 6.07) is 8.64. The van der Waals surface area contributed by atoms with Crippen LogP contribution in [0.25, 0.3) is 0 Å². The second-order valence-corrected chi connectivity index (χ2v) is 5.13. The first-order valence-corrected chi connectivity index (χ1v) is 6.63. The summed E-state index contributed by atoms with van der Waals surface area (Å²) in [5, 5.41) is 14.2. The smallest absolute Gasteiger partial charge is 0.295 e. The van der Waals surface area contributed by atoms with Gasteiger partial charge < -0.3 is 5.32 Å². The lowest BCUT2D eigenvalue weighted by Crippen LogP contribution is -2.05. The van der Waals surface area contributed by atoms with Gasteiger partial charge in [0.1, 0.15) is 11.5 Å². The summed E-state index contributed by atoms with van der Waals surface area (Å²) in [5.74, 6) is -0.208. The largest absolute Gasteiger partial charge is 0.375 e. The van der Waals surface area contributed by atoms with E-state index in [1.54, 1.807) is 51.1 Å². The first kappa shape index (κ1) is 15.0. The zero-order valence-electron chi connectivity index (χ0n) is 12.2. The predicted molar refractivity (Wildman–Crippen MR) is 81.0 cm³/mol. The van der Waals surface area contributed by atoms with Gasteiger partial charge in [-0.3, -0.25) is 10.1 Å². The Morgan fingerprint density at radius 1 is 1.14 bits per heavy atom. The minimum Gasteiger partial charge on any atom is -0.375 e. The fourth-order valence-corrected chi connectivity index (χ4v) is 2.38. The Morgan fingerprint density at radius 2 is 1.76 bits per heavy atom. The number of aryl methyl sites for hydroxylation is 3. The lowest BCUT2D eigenvalue weighted by atomic mass is 10.1. The third kappa shape index (κ3) is 3.18. The highest BCUT2D eigenvalue weighted by Crippen LogP contribution is 2.28. The van der Waals surface area contributed by atoms with E-state index >= 15 is 0 Å². The monoisotopic (exact) mass is 288 g/mol. The summed E-state index contributed by atoms with van der Waals surface area (Å²) in [4.78, 5) is 10.7. The highest BCUT2D eigenvalue weighted by molar-refractivity contribution is 5.65. The fourth-order valence-electron chi connectivity index (χ4n) is 2.38. The first-order chi connectivity index (χ1) is 9.90. The van der Waals surface area contributed by atoms with Crippen LogP contribution in [-0.4, -0.2) is 4.92 Å². The van der Waals surface area contributed by atoms with Crippen molar-refractivity contribution in [2.45, 2.75) is 27.3 Å². The van der Waals surface area contributed by atoms with E-state index in [-0.39, 0.29) is 11.5 Å². The highest BCUT2D eigenvalue weighted by atomic mass is 19.1. The van der Waals surface area contributed by atoms with Crippen LogP contribution in [0.4, 0.5) is 15.8 Å². The molecule has 0 spiro atoms. The van der Waals surface area contributed by atoms with Crippen molar-refractivity contribution in [1.29, 1.82) is 0 Å². The molecule has 0 fully saturated rings. The average Bonchev–Trinajstić information content (AvgIpc) is 2.41. The fraction of sp³-hybridized carbons (Fsp3) is 0.250. The van der Waals surface area contributed by atoms with Crippen LogP contribution in [-0.2, 0) is 6.54 Å². The molecule has 0 aliphatic rings. The molecule has 0 saturated carbocycles. The van der Waals surface area contributed by atoms with E-state index in [2.05, 4.69) is 5.32 Å². The number of nitro benzene ring substituents is 1. The van der Waals surface area contributed by atoms with E-state index in [1.807, 2.05) is 0 Å². The number of hydrogen-bond donors (Lipinski definition) is 1. The van der Waals surface area contributed by atoms with E-state index in [0.717, 1.165) is 5.56 Å². The Bertz CT molecular complexity index is 676. The molecular formula is C16H17FN2O2. The van der Waals surface area contributed by atoms with E-state index in [0.29, 0.717) is 28.9 Å². The SMILES string of the molecule is Cc1cc(CNc2cccc(C)c2[N+](=O)[O-])cc(C)c1F. The number of benzene rings is 2. The van der Waals surface area contributed by atoms with Gasteiger partial charge in [0.2, 0.25) is 0 Å². The molecule has 0 atom stereocenters. The third-order valence-corrected chi connectivity index (χ3v) is 3.40. The molecule has 4 nitrogen and oxygen atoms in total. The van der Waals surface area contributed by atoms with Crippen molar-refractivity contribution in [3.63, 3.8) is 0 Å². The molecule has 0 aliphatic carbocycles. The summed E-state index contributed by atoms with van der Waals surface area (Å²) in [5.41, 5.74) is 3.20. The van der Waals surface area contributed by atoms with Gasteiger partial charge in [0.25, 0.3) is 5.69 Å². The lowest BCUT2D eigenvalue weighted by Gasteiger charge is -2.10.